The van der Waals surface area contributed by atoms with Crippen LogP contribution >= 0.6 is 15.9 Å². The molecule has 0 fully saturated rings. The molecular formula is C17H18BrNO. The van der Waals surface area contributed by atoms with Gasteiger partial charge < -0.3 is 10.1 Å². The molecule has 0 aliphatic carbocycles. The highest BCUT2D eigenvalue weighted by Gasteiger charge is 2.28. The van der Waals surface area contributed by atoms with Crippen molar-refractivity contribution in [2.75, 3.05) is 7.05 Å². The highest BCUT2D eigenvalue weighted by atomic mass is 79.9. The number of fused-ring (bicyclic) bond motifs is 1. The Bertz CT molecular complexity index is 609. The summed E-state index contributed by atoms with van der Waals surface area (Å²) in [6.45, 7) is 2.11. The van der Waals surface area contributed by atoms with Gasteiger partial charge in [-0.2, -0.15) is 0 Å². The number of hydrogen-bond donors (Lipinski definition) is 1. The molecule has 0 amide bonds. The molecule has 2 aromatic carbocycles. The van der Waals surface area contributed by atoms with Crippen LogP contribution in [-0.2, 0) is 0 Å². The van der Waals surface area contributed by atoms with Gasteiger partial charge in [-0.3, -0.25) is 0 Å². The maximum Gasteiger partial charge on any atom is 0.126 e. The molecule has 2 atom stereocenters. The van der Waals surface area contributed by atoms with Crippen molar-refractivity contribution in [2.24, 2.45) is 0 Å². The lowest BCUT2D eigenvalue weighted by Gasteiger charge is -2.32. The van der Waals surface area contributed by atoms with Gasteiger partial charge in [-0.1, -0.05) is 51.8 Å². The van der Waals surface area contributed by atoms with E-state index in [1.165, 1.54) is 16.7 Å². The zero-order valence-corrected chi connectivity index (χ0v) is 13.3. The standard InChI is InChI=1S/C17H18BrNO/c1-11-3-5-12(6-4-11)16-10-15(19-2)14-8-7-13(18)9-17(14)20-16/h3-9,15-16,19H,10H2,1-2H3. The van der Waals surface area contributed by atoms with E-state index < -0.39 is 0 Å². The summed E-state index contributed by atoms with van der Waals surface area (Å²) in [5.74, 6) is 0.968. The molecule has 0 radical (unpaired) electrons. The first kappa shape index (κ1) is 13.7. The molecule has 0 spiro atoms. The molecule has 104 valence electrons. The van der Waals surface area contributed by atoms with Gasteiger partial charge in [-0.15, -0.1) is 0 Å². The van der Waals surface area contributed by atoms with E-state index in [4.69, 9.17) is 4.74 Å². The van der Waals surface area contributed by atoms with Crippen LogP contribution in [0.4, 0.5) is 0 Å². The van der Waals surface area contributed by atoms with E-state index in [0.717, 1.165) is 16.6 Å². The van der Waals surface area contributed by atoms with Crippen LogP contribution in [0.3, 0.4) is 0 Å². The van der Waals surface area contributed by atoms with Crippen LogP contribution in [-0.4, -0.2) is 7.05 Å². The van der Waals surface area contributed by atoms with E-state index in [1.54, 1.807) is 0 Å². The molecule has 1 heterocycles. The van der Waals surface area contributed by atoms with Gasteiger partial charge in [0.25, 0.3) is 0 Å². The third kappa shape index (κ3) is 2.60. The van der Waals surface area contributed by atoms with Gasteiger partial charge in [0.2, 0.25) is 0 Å². The van der Waals surface area contributed by atoms with E-state index in [9.17, 15) is 0 Å². The summed E-state index contributed by atoms with van der Waals surface area (Å²) in [5.41, 5.74) is 3.75. The van der Waals surface area contributed by atoms with E-state index in [2.05, 4.69) is 70.6 Å². The summed E-state index contributed by atoms with van der Waals surface area (Å²) in [6.07, 6.45) is 1.06. The van der Waals surface area contributed by atoms with Crippen molar-refractivity contribution >= 4 is 15.9 Å². The lowest BCUT2D eigenvalue weighted by atomic mass is 9.93. The van der Waals surface area contributed by atoms with Crippen molar-refractivity contribution in [1.82, 2.24) is 5.32 Å². The Hall–Kier alpha value is -1.32. The van der Waals surface area contributed by atoms with Gasteiger partial charge in [0.15, 0.2) is 0 Å². The molecule has 3 rings (SSSR count). The summed E-state index contributed by atoms with van der Waals surface area (Å²) in [7, 11) is 2.01. The molecule has 1 aliphatic rings. The molecule has 1 aliphatic heterocycles. The van der Waals surface area contributed by atoms with Crippen LogP contribution in [0.5, 0.6) is 5.75 Å². The van der Waals surface area contributed by atoms with Crippen LogP contribution in [0.2, 0.25) is 0 Å². The Morgan fingerprint density at radius 1 is 1.15 bits per heavy atom. The first-order valence-corrected chi connectivity index (χ1v) is 7.66. The number of hydrogen-bond acceptors (Lipinski definition) is 2. The Labute approximate surface area is 128 Å². The lowest BCUT2D eigenvalue weighted by molar-refractivity contribution is 0.154. The van der Waals surface area contributed by atoms with Gasteiger partial charge in [-0.05, 0) is 31.7 Å². The number of halogens is 1. The molecule has 0 aromatic heterocycles. The summed E-state index contributed by atoms with van der Waals surface area (Å²) >= 11 is 3.52. The van der Waals surface area contributed by atoms with Crippen molar-refractivity contribution in [3.8, 4) is 5.75 Å². The monoisotopic (exact) mass is 331 g/mol. The Morgan fingerprint density at radius 3 is 2.60 bits per heavy atom. The van der Waals surface area contributed by atoms with Gasteiger partial charge >= 0.3 is 0 Å². The minimum absolute atomic E-state index is 0.106. The molecule has 3 heteroatoms. The molecule has 2 unspecified atom stereocenters. The highest BCUT2D eigenvalue weighted by Crippen LogP contribution is 2.41. The van der Waals surface area contributed by atoms with Crippen LogP contribution in [0, 0.1) is 6.92 Å². The minimum Gasteiger partial charge on any atom is -0.485 e. The third-order valence-corrected chi connectivity index (χ3v) is 4.36. The molecular weight excluding hydrogens is 314 g/mol. The van der Waals surface area contributed by atoms with Gasteiger partial charge in [-0.25, -0.2) is 0 Å². The highest BCUT2D eigenvalue weighted by molar-refractivity contribution is 9.10. The molecule has 2 aromatic rings. The SMILES string of the molecule is CNC1CC(c2ccc(C)cc2)Oc2cc(Br)ccc21. The first-order valence-electron chi connectivity index (χ1n) is 6.87. The second-order valence-corrected chi connectivity index (χ2v) is 6.19. The maximum atomic E-state index is 6.20. The maximum absolute atomic E-state index is 6.20. The van der Waals surface area contributed by atoms with Crippen molar-refractivity contribution < 1.29 is 4.74 Å². The quantitative estimate of drug-likeness (QED) is 0.872. The Morgan fingerprint density at radius 2 is 1.90 bits per heavy atom. The molecule has 20 heavy (non-hydrogen) atoms. The van der Waals surface area contributed by atoms with Crippen LogP contribution in [0.1, 0.15) is 35.3 Å². The number of ether oxygens (including phenoxy) is 1. The Kier molecular flexibility index (Phi) is 3.81. The second kappa shape index (κ2) is 5.58. The molecule has 1 N–H and O–H groups in total. The zero-order valence-electron chi connectivity index (χ0n) is 11.7. The van der Waals surface area contributed by atoms with E-state index in [0.29, 0.717) is 6.04 Å². The van der Waals surface area contributed by atoms with Crippen LogP contribution in [0.15, 0.2) is 46.9 Å². The molecule has 0 bridgehead atoms. The predicted octanol–water partition coefficient (Wildman–Crippen LogP) is 4.54. The van der Waals surface area contributed by atoms with Crippen molar-refractivity contribution in [3.05, 3.63) is 63.6 Å². The van der Waals surface area contributed by atoms with E-state index in [-0.39, 0.29) is 6.10 Å². The number of benzene rings is 2. The summed E-state index contributed by atoms with van der Waals surface area (Å²) in [4.78, 5) is 0. The van der Waals surface area contributed by atoms with Crippen molar-refractivity contribution in [2.45, 2.75) is 25.5 Å². The zero-order chi connectivity index (χ0) is 14.1. The van der Waals surface area contributed by atoms with Gasteiger partial charge in [0.1, 0.15) is 11.9 Å². The number of nitrogens with one attached hydrogen (secondary N) is 1. The molecule has 0 saturated heterocycles. The smallest absolute Gasteiger partial charge is 0.126 e. The van der Waals surface area contributed by atoms with Crippen molar-refractivity contribution in [1.29, 1.82) is 0 Å². The van der Waals surface area contributed by atoms with Crippen molar-refractivity contribution in [3.63, 3.8) is 0 Å². The number of rotatable bonds is 2. The second-order valence-electron chi connectivity index (χ2n) is 5.28. The van der Waals surface area contributed by atoms with Gasteiger partial charge in [0, 0.05) is 22.5 Å². The number of aryl methyl sites for hydroxylation is 1. The largest absolute Gasteiger partial charge is 0.485 e. The topological polar surface area (TPSA) is 21.3 Å². The van der Waals surface area contributed by atoms with E-state index in [1.807, 2.05) is 7.05 Å². The summed E-state index contributed by atoms with van der Waals surface area (Å²) in [5, 5.41) is 3.40. The first-order chi connectivity index (χ1) is 9.67. The van der Waals surface area contributed by atoms with Crippen LogP contribution in [0.25, 0.3) is 0 Å². The average molecular weight is 332 g/mol. The lowest BCUT2D eigenvalue weighted by Crippen LogP contribution is -2.26. The molecule has 0 saturated carbocycles. The minimum atomic E-state index is 0.106. The van der Waals surface area contributed by atoms with E-state index >= 15 is 0 Å². The fourth-order valence-electron chi connectivity index (χ4n) is 2.70. The van der Waals surface area contributed by atoms with Gasteiger partial charge in [0.05, 0.1) is 0 Å². The van der Waals surface area contributed by atoms with Crippen LogP contribution < -0.4 is 10.1 Å². The Balaban J connectivity index is 1.95. The normalized spacial score (nSPS) is 21.1. The third-order valence-electron chi connectivity index (χ3n) is 3.87. The predicted molar refractivity (Wildman–Crippen MR) is 85.1 cm³/mol. The summed E-state index contributed by atoms with van der Waals surface area (Å²) in [6, 6.07) is 15.2. The molecule has 2 nitrogen and oxygen atoms in total. The fraction of sp³-hybridized carbons (Fsp3) is 0.294. The summed E-state index contributed by atoms with van der Waals surface area (Å²) < 4.78 is 7.25. The fourth-order valence-corrected chi connectivity index (χ4v) is 3.04. The average Bonchev–Trinajstić information content (AvgIpc) is 2.46.